The maximum Gasteiger partial charge on any atom is 0.0462 e. The van der Waals surface area contributed by atoms with Gasteiger partial charge in [-0.15, -0.1) is 0 Å². The van der Waals surface area contributed by atoms with Gasteiger partial charge in [0.25, 0.3) is 0 Å². The van der Waals surface area contributed by atoms with Crippen molar-refractivity contribution in [2.24, 2.45) is 0 Å². The molecule has 9 aromatic rings. The van der Waals surface area contributed by atoms with Crippen LogP contribution >= 0.6 is 0 Å². The Hall–Kier alpha value is -6.88. The molecule has 54 heavy (non-hydrogen) atoms. The van der Waals surface area contributed by atoms with Crippen LogP contribution in [-0.2, 0) is 5.41 Å². The number of para-hydroxylation sites is 2. The Labute approximate surface area is 316 Å². The summed E-state index contributed by atoms with van der Waals surface area (Å²) in [5, 5.41) is 7.36. The fraction of sp³-hybridized carbons (Fsp3) is 0.0566. The van der Waals surface area contributed by atoms with Crippen molar-refractivity contribution in [3.8, 4) is 34.1 Å². The Balaban J connectivity index is 1.14. The molecule has 1 aliphatic carbocycles. The summed E-state index contributed by atoms with van der Waals surface area (Å²) in [5.74, 6) is 7.24. The summed E-state index contributed by atoms with van der Waals surface area (Å²) < 4.78 is 0. The first kappa shape index (κ1) is 31.8. The zero-order chi connectivity index (χ0) is 36.2. The number of nitrogens with zero attached hydrogens (tertiary/aromatic N) is 1. The number of anilines is 3. The highest BCUT2D eigenvalue weighted by Gasteiger charge is 2.37. The fourth-order valence-corrected chi connectivity index (χ4v) is 8.74. The van der Waals surface area contributed by atoms with E-state index in [0.717, 1.165) is 28.2 Å². The van der Waals surface area contributed by atoms with Crippen LogP contribution in [0.1, 0.15) is 36.1 Å². The minimum atomic E-state index is -0.115. The second kappa shape index (κ2) is 12.7. The molecule has 1 heteroatoms. The zero-order valence-electron chi connectivity index (χ0n) is 30.3. The molecular weight excluding hydrogens is 651 g/mol. The van der Waals surface area contributed by atoms with E-state index in [-0.39, 0.29) is 5.41 Å². The van der Waals surface area contributed by atoms with E-state index < -0.39 is 0 Å². The van der Waals surface area contributed by atoms with E-state index in [1.807, 2.05) is 0 Å². The van der Waals surface area contributed by atoms with E-state index in [9.17, 15) is 0 Å². The highest BCUT2D eigenvalue weighted by Crippen LogP contribution is 2.54. The molecule has 0 spiro atoms. The average Bonchev–Trinajstić information content (AvgIpc) is 3.46. The number of benzene rings is 9. The van der Waals surface area contributed by atoms with E-state index in [1.165, 1.54) is 65.7 Å². The Morgan fingerprint density at radius 1 is 0.370 bits per heavy atom. The Morgan fingerprint density at radius 2 is 0.833 bits per heavy atom. The van der Waals surface area contributed by atoms with E-state index in [4.69, 9.17) is 0 Å². The number of hydrogen-bond donors (Lipinski definition) is 0. The van der Waals surface area contributed by atoms with Gasteiger partial charge in [-0.25, -0.2) is 0 Å². The Morgan fingerprint density at radius 3 is 1.43 bits per heavy atom. The van der Waals surface area contributed by atoms with Gasteiger partial charge in [0.2, 0.25) is 0 Å². The first-order valence-electron chi connectivity index (χ1n) is 18.7. The highest BCUT2D eigenvalue weighted by molar-refractivity contribution is 6.21. The van der Waals surface area contributed by atoms with Crippen molar-refractivity contribution in [3.63, 3.8) is 0 Å². The SMILES string of the molecule is CC1(C)c2ccccc2-c2c1cc(-c1c3ccccc3c(C#Cc3ccc(N(c4ccccc4)c4ccccc4)cc3)c3ccccc13)c1ccccc21. The molecule has 0 bridgehead atoms. The van der Waals surface area contributed by atoms with Crippen molar-refractivity contribution in [1.29, 1.82) is 0 Å². The van der Waals surface area contributed by atoms with Crippen molar-refractivity contribution in [2.75, 3.05) is 4.90 Å². The second-order valence-corrected chi connectivity index (χ2v) is 14.7. The number of fused-ring (bicyclic) bond motifs is 7. The molecule has 0 amide bonds. The second-order valence-electron chi connectivity index (χ2n) is 14.7. The van der Waals surface area contributed by atoms with Gasteiger partial charge in [-0.3, -0.25) is 0 Å². The summed E-state index contributed by atoms with van der Waals surface area (Å²) in [4.78, 5) is 2.28. The van der Waals surface area contributed by atoms with Gasteiger partial charge in [-0.2, -0.15) is 0 Å². The predicted octanol–water partition coefficient (Wildman–Crippen LogP) is 14.0. The lowest BCUT2D eigenvalue weighted by Gasteiger charge is -2.25. The lowest BCUT2D eigenvalue weighted by atomic mass is 9.79. The smallest absolute Gasteiger partial charge is 0.0462 e. The van der Waals surface area contributed by atoms with Crippen LogP contribution in [0, 0.1) is 11.8 Å². The largest absolute Gasteiger partial charge is 0.311 e. The summed E-state index contributed by atoms with van der Waals surface area (Å²) in [6.45, 7) is 4.75. The van der Waals surface area contributed by atoms with Crippen LogP contribution in [0.5, 0.6) is 0 Å². The number of hydrogen-bond acceptors (Lipinski definition) is 1. The lowest BCUT2D eigenvalue weighted by Crippen LogP contribution is -2.15. The van der Waals surface area contributed by atoms with Crippen LogP contribution in [0.15, 0.2) is 188 Å². The van der Waals surface area contributed by atoms with E-state index in [1.54, 1.807) is 0 Å². The van der Waals surface area contributed by atoms with Crippen LogP contribution in [0.25, 0.3) is 54.6 Å². The molecule has 0 saturated carbocycles. The molecule has 0 unspecified atom stereocenters. The average molecular weight is 688 g/mol. The quantitative estimate of drug-likeness (QED) is 0.131. The zero-order valence-corrected chi connectivity index (χ0v) is 30.3. The van der Waals surface area contributed by atoms with E-state index in [0.29, 0.717) is 0 Å². The van der Waals surface area contributed by atoms with Crippen LogP contribution in [0.3, 0.4) is 0 Å². The summed E-state index contributed by atoms with van der Waals surface area (Å²) >= 11 is 0. The van der Waals surface area contributed by atoms with Gasteiger partial charge in [0.15, 0.2) is 0 Å². The number of rotatable bonds is 4. The van der Waals surface area contributed by atoms with Crippen molar-refractivity contribution in [1.82, 2.24) is 0 Å². The fourth-order valence-electron chi connectivity index (χ4n) is 8.74. The monoisotopic (exact) mass is 687 g/mol. The van der Waals surface area contributed by atoms with Crippen molar-refractivity contribution in [3.05, 3.63) is 210 Å². The first-order valence-corrected chi connectivity index (χ1v) is 18.7. The third kappa shape index (κ3) is 5.03. The molecule has 0 aromatic heterocycles. The molecule has 9 aromatic carbocycles. The third-order valence-electron chi connectivity index (χ3n) is 11.3. The molecule has 0 fully saturated rings. The normalized spacial score (nSPS) is 12.6. The Bertz CT molecular complexity index is 2850. The van der Waals surface area contributed by atoms with Crippen LogP contribution < -0.4 is 4.90 Å². The van der Waals surface area contributed by atoms with Crippen LogP contribution in [-0.4, -0.2) is 0 Å². The van der Waals surface area contributed by atoms with Gasteiger partial charge >= 0.3 is 0 Å². The summed E-state index contributed by atoms with van der Waals surface area (Å²) in [6.07, 6.45) is 0. The molecule has 1 nitrogen and oxygen atoms in total. The standard InChI is InChI=1S/C53H37N/c1-53(2)49-28-16-15-27-47(49)52-46-26-14-11-23-42(46)48(35-50(52)53)51-44-24-12-9-21-40(44)43(41-22-10-13-25-45(41)51)34-31-36-29-32-39(33-30-36)54(37-17-5-3-6-18-37)38-19-7-4-8-20-38/h3-30,32-33,35H,1-2H3. The topological polar surface area (TPSA) is 3.24 Å². The van der Waals surface area contributed by atoms with E-state index >= 15 is 0 Å². The predicted molar refractivity (Wildman–Crippen MR) is 229 cm³/mol. The van der Waals surface area contributed by atoms with Gasteiger partial charge in [0, 0.05) is 33.6 Å². The van der Waals surface area contributed by atoms with Gasteiger partial charge in [-0.1, -0.05) is 159 Å². The van der Waals surface area contributed by atoms with Gasteiger partial charge in [0.1, 0.15) is 0 Å². The molecule has 0 aliphatic heterocycles. The van der Waals surface area contributed by atoms with Crippen molar-refractivity contribution >= 4 is 49.4 Å². The maximum absolute atomic E-state index is 3.68. The van der Waals surface area contributed by atoms with Crippen molar-refractivity contribution in [2.45, 2.75) is 19.3 Å². The minimum Gasteiger partial charge on any atom is -0.311 e. The molecule has 0 saturated heterocycles. The first-order chi connectivity index (χ1) is 26.6. The van der Waals surface area contributed by atoms with Gasteiger partial charge in [0.05, 0.1) is 0 Å². The molecule has 0 N–H and O–H groups in total. The summed E-state index contributed by atoms with van der Waals surface area (Å²) in [5.41, 5.74) is 13.3. The molecule has 1 aliphatic rings. The lowest BCUT2D eigenvalue weighted by molar-refractivity contribution is 0.661. The maximum atomic E-state index is 3.68. The summed E-state index contributed by atoms with van der Waals surface area (Å²) in [6, 6.07) is 67.7. The van der Waals surface area contributed by atoms with E-state index in [2.05, 4.69) is 219 Å². The molecule has 254 valence electrons. The Kier molecular flexibility index (Phi) is 7.46. The third-order valence-corrected chi connectivity index (χ3v) is 11.3. The molecule has 0 radical (unpaired) electrons. The minimum absolute atomic E-state index is 0.115. The molecule has 0 heterocycles. The van der Waals surface area contributed by atoms with Crippen molar-refractivity contribution < 1.29 is 0 Å². The van der Waals surface area contributed by atoms with Gasteiger partial charge in [-0.05, 0) is 120 Å². The molecular formula is C53H37N. The summed E-state index contributed by atoms with van der Waals surface area (Å²) in [7, 11) is 0. The van der Waals surface area contributed by atoms with Gasteiger partial charge < -0.3 is 4.90 Å². The molecule has 10 rings (SSSR count). The highest BCUT2D eigenvalue weighted by atomic mass is 15.1. The molecule has 0 atom stereocenters. The van der Waals surface area contributed by atoms with Crippen LogP contribution in [0.2, 0.25) is 0 Å². The van der Waals surface area contributed by atoms with Crippen LogP contribution in [0.4, 0.5) is 17.1 Å².